The molecule has 0 bridgehead atoms. The van der Waals surface area contributed by atoms with Crippen molar-refractivity contribution >= 4 is 5.91 Å². The van der Waals surface area contributed by atoms with E-state index in [0.29, 0.717) is 12.0 Å². The van der Waals surface area contributed by atoms with Crippen LogP contribution in [0.4, 0.5) is 0 Å². The summed E-state index contributed by atoms with van der Waals surface area (Å²) in [6, 6.07) is 10.6. The Labute approximate surface area is 102 Å². The number of rotatable bonds is 2. The third kappa shape index (κ3) is 1.75. The molecule has 0 radical (unpaired) electrons. The zero-order chi connectivity index (χ0) is 12.0. The number of nitrogens with one attached hydrogen (secondary N) is 1. The lowest BCUT2D eigenvalue weighted by Crippen LogP contribution is -2.33. The van der Waals surface area contributed by atoms with Gasteiger partial charge in [0.2, 0.25) is 5.91 Å². The van der Waals surface area contributed by atoms with E-state index in [1.54, 1.807) is 0 Å². The average Bonchev–Trinajstić information content (AvgIpc) is 2.98. The number of hydrogen-bond acceptors (Lipinski definition) is 2. The first kappa shape index (κ1) is 10.8. The molecule has 1 aromatic rings. The standard InChI is InChI=1S/C14H18N2O/c1-9-8-12(9)16-13(15-10(2)14(16)17)11-6-4-3-5-7-11/h3-7,9-10,12-13,15H,8H2,1-2H3. The van der Waals surface area contributed by atoms with E-state index in [4.69, 9.17) is 0 Å². The zero-order valence-electron chi connectivity index (χ0n) is 10.3. The Balaban J connectivity index is 1.90. The molecule has 1 saturated heterocycles. The maximum absolute atomic E-state index is 12.2. The fourth-order valence-electron chi connectivity index (χ4n) is 2.68. The Kier molecular flexibility index (Phi) is 2.44. The minimum absolute atomic E-state index is 0.0620. The largest absolute Gasteiger partial charge is 0.318 e. The van der Waals surface area contributed by atoms with Crippen LogP contribution < -0.4 is 5.32 Å². The summed E-state index contributed by atoms with van der Waals surface area (Å²) in [6.45, 7) is 4.16. The highest BCUT2D eigenvalue weighted by molar-refractivity contribution is 5.84. The summed E-state index contributed by atoms with van der Waals surface area (Å²) >= 11 is 0. The molecule has 90 valence electrons. The second-order valence-corrected chi connectivity index (χ2v) is 5.23. The molecule has 3 rings (SSSR count). The number of nitrogens with zero attached hydrogens (tertiary/aromatic N) is 1. The van der Waals surface area contributed by atoms with E-state index in [2.05, 4.69) is 24.4 Å². The van der Waals surface area contributed by atoms with Gasteiger partial charge in [0.15, 0.2) is 0 Å². The van der Waals surface area contributed by atoms with Gasteiger partial charge in [0, 0.05) is 6.04 Å². The predicted molar refractivity (Wildman–Crippen MR) is 66.2 cm³/mol. The van der Waals surface area contributed by atoms with E-state index in [9.17, 15) is 4.79 Å². The zero-order valence-corrected chi connectivity index (χ0v) is 10.3. The van der Waals surface area contributed by atoms with E-state index in [-0.39, 0.29) is 18.1 Å². The van der Waals surface area contributed by atoms with Crippen LogP contribution in [-0.2, 0) is 4.79 Å². The van der Waals surface area contributed by atoms with Gasteiger partial charge in [-0.25, -0.2) is 0 Å². The Morgan fingerprint density at radius 1 is 1.24 bits per heavy atom. The van der Waals surface area contributed by atoms with Gasteiger partial charge >= 0.3 is 0 Å². The highest BCUT2D eigenvalue weighted by Crippen LogP contribution is 2.41. The van der Waals surface area contributed by atoms with Crippen molar-refractivity contribution in [1.29, 1.82) is 0 Å². The fourth-order valence-corrected chi connectivity index (χ4v) is 2.68. The molecule has 3 heteroatoms. The van der Waals surface area contributed by atoms with Gasteiger partial charge < -0.3 is 4.90 Å². The van der Waals surface area contributed by atoms with Gasteiger partial charge in [-0.1, -0.05) is 37.3 Å². The molecule has 1 aliphatic carbocycles. The Morgan fingerprint density at radius 3 is 2.47 bits per heavy atom. The smallest absolute Gasteiger partial charge is 0.241 e. The summed E-state index contributed by atoms with van der Waals surface area (Å²) in [5.41, 5.74) is 1.18. The van der Waals surface area contributed by atoms with Gasteiger partial charge in [0.1, 0.15) is 6.17 Å². The van der Waals surface area contributed by atoms with Gasteiger partial charge in [0.25, 0.3) is 0 Å². The first-order valence-corrected chi connectivity index (χ1v) is 6.31. The van der Waals surface area contributed by atoms with Crippen LogP contribution in [0.1, 0.15) is 32.0 Å². The molecule has 0 spiro atoms. The summed E-state index contributed by atoms with van der Waals surface area (Å²) in [5, 5.41) is 3.39. The first-order valence-electron chi connectivity index (χ1n) is 6.31. The van der Waals surface area contributed by atoms with Gasteiger partial charge in [-0.2, -0.15) is 0 Å². The first-order chi connectivity index (χ1) is 8.18. The van der Waals surface area contributed by atoms with E-state index < -0.39 is 0 Å². The van der Waals surface area contributed by atoms with Crippen molar-refractivity contribution in [2.45, 2.75) is 38.5 Å². The van der Waals surface area contributed by atoms with Crippen LogP contribution in [0.5, 0.6) is 0 Å². The number of amides is 1. The van der Waals surface area contributed by atoms with E-state index in [1.165, 1.54) is 5.56 Å². The van der Waals surface area contributed by atoms with Gasteiger partial charge in [-0.15, -0.1) is 0 Å². The molecule has 3 nitrogen and oxygen atoms in total. The summed E-state index contributed by atoms with van der Waals surface area (Å²) in [7, 11) is 0. The van der Waals surface area contributed by atoms with Gasteiger partial charge in [0.05, 0.1) is 6.04 Å². The van der Waals surface area contributed by atoms with Crippen LogP contribution in [0.25, 0.3) is 0 Å². The molecule has 1 aromatic carbocycles. The van der Waals surface area contributed by atoms with Crippen molar-refractivity contribution in [1.82, 2.24) is 10.2 Å². The van der Waals surface area contributed by atoms with Crippen LogP contribution in [-0.4, -0.2) is 22.9 Å². The molecular formula is C14H18N2O. The monoisotopic (exact) mass is 230 g/mol. The van der Waals surface area contributed by atoms with Crippen molar-refractivity contribution < 1.29 is 4.79 Å². The molecule has 1 heterocycles. The quantitative estimate of drug-likeness (QED) is 0.841. The molecule has 2 fully saturated rings. The normalized spacial score (nSPS) is 36.4. The summed E-state index contributed by atoms with van der Waals surface area (Å²) in [6.07, 6.45) is 1.21. The topological polar surface area (TPSA) is 32.3 Å². The molecule has 1 N–H and O–H groups in total. The van der Waals surface area contributed by atoms with Crippen LogP contribution in [0.3, 0.4) is 0 Å². The van der Waals surface area contributed by atoms with Crippen molar-refractivity contribution in [3.8, 4) is 0 Å². The highest BCUT2D eigenvalue weighted by atomic mass is 16.2. The molecule has 2 aliphatic rings. The van der Waals surface area contributed by atoms with Gasteiger partial charge in [-0.3, -0.25) is 10.1 Å². The van der Waals surface area contributed by atoms with Crippen molar-refractivity contribution in [2.24, 2.45) is 5.92 Å². The average molecular weight is 230 g/mol. The minimum Gasteiger partial charge on any atom is -0.318 e. The molecule has 17 heavy (non-hydrogen) atoms. The molecule has 1 amide bonds. The number of hydrogen-bond donors (Lipinski definition) is 1. The summed E-state index contributed by atoms with van der Waals surface area (Å²) in [5.74, 6) is 0.894. The number of carbonyl (C=O) groups is 1. The Morgan fingerprint density at radius 2 is 1.88 bits per heavy atom. The van der Waals surface area contributed by atoms with Crippen LogP contribution in [0.2, 0.25) is 0 Å². The molecule has 4 atom stereocenters. The summed E-state index contributed by atoms with van der Waals surface area (Å²) in [4.78, 5) is 14.2. The maximum atomic E-state index is 12.2. The lowest BCUT2D eigenvalue weighted by molar-refractivity contribution is -0.130. The Bertz CT molecular complexity index is 431. The third-order valence-corrected chi connectivity index (χ3v) is 3.85. The third-order valence-electron chi connectivity index (χ3n) is 3.85. The minimum atomic E-state index is -0.0620. The van der Waals surface area contributed by atoms with Crippen molar-refractivity contribution in [3.63, 3.8) is 0 Å². The molecule has 0 aromatic heterocycles. The van der Waals surface area contributed by atoms with Crippen LogP contribution >= 0.6 is 0 Å². The number of benzene rings is 1. The molecule has 4 unspecified atom stereocenters. The van der Waals surface area contributed by atoms with Crippen LogP contribution in [0.15, 0.2) is 30.3 Å². The lowest BCUT2D eigenvalue weighted by atomic mass is 10.1. The molecule has 1 saturated carbocycles. The SMILES string of the molecule is CC1NC(c2ccccc2)N(C2CC2C)C1=O. The predicted octanol–water partition coefficient (Wildman–Crippen LogP) is 1.91. The maximum Gasteiger partial charge on any atom is 0.241 e. The number of carbonyl (C=O) groups excluding carboxylic acids is 1. The van der Waals surface area contributed by atoms with E-state index >= 15 is 0 Å². The van der Waals surface area contributed by atoms with Crippen molar-refractivity contribution in [2.75, 3.05) is 0 Å². The van der Waals surface area contributed by atoms with Crippen molar-refractivity contribution in [3.05, 3.63) is 35.9 Å². The fraction of sp³-hybridized carbons (Fsp3) is 0.500. The van der Waals surface area contributed by atoms with E-state index in [1.807, 2.05) is 30.0 Å². The molecular weight excluding hydrogens is 212 g/mol. The second kappa shape index (κ2) is 3.84. The van der Waals surface area contributed by atoms with E-state index in [0.717, 1.165) is 6.42 Å². The van der Waals surface area contributed by atoms with Crippen LogP contribution in [0, 0.1) is 5.92 Å². The van der Waals surface area contributed by atoms with Gasteiger partial charge in [-0.05, 0) is 24.8 Å². The second-order valence-electron chi connectivity index (χ2n) is 5.23. The lowest BCUT2D eigenvalue weighted by Gasteiger charge is -2.24. The highest BCUT2D eigenvalue weighted by Gasteiger charge is 2.48. The summed E-state index contributed by atoms with van der Waals surface area (Å²) < 4.78 is 0. The Hall–Kier alpha value is -1.35. The molecule has 1 aliphatic heterocycles.